The number of halogens is 1. The molecule has 0 atom stereocenters. The van der Waals surface area contributed by atoms with Crippen LogP contribution in [0.25, 0.3) is 16.7 Å². The van der Waals surface area contributed by atoms with Gasteiger partial charge < -0.3 is 5.32 Å². The van der Waals surface area contributed by atoms with E-state index < -0.39 is 0 Å². The van der Waals surface area contributed by atoms with Crippen LogP contribution >= 0.6 is 11.6 Å². The Morgan fingerprint density at radius 2 is 1.85 bits per heavy atom. The van der Waals surface area contributed by atoms with Gasteiger partial charge in [0.1, 0.15) is 5.82 Å². The van der Waals surface area contributed by atoms with Crippen molar-refractivity contribution in [2.24, 2.45) is 0 Å². The third-order valence-corrected chi connectivity index (χ3v) is 4.58. The summed E-state index contributed by atoms with van der Waals surface area (Å²) in [6.45, 7) is 3.71. The lowest BCUT2D eigenvalue weighted by Crippen LogP contribution is -2.14. The number of carbonyl (C=O) groups is 1. The molecule has 0 radical (unpaired) electrons. The van der Waals surface area contributed by atoms with Crippen LogP contribution in [0.4, 0.5) is 5.82 Å². The standard InChI is InChI=1S/C20H16ClN5O/c1-12-7-6-10-16(23-12)24-20(27)15-11-22-19-17(18(15)21)13(2)25-26(19)14-8-4-3-5-9-14/h3-11H,1-2H3,(H,23,24,27). The number of carbonyl (C=O) groups excluding carboxylic acids is 1. The normalized spacial score (nSPS) is 10.9. The first-order chi connectivity index (χ1) is 13.0. The van der Waals surface area contributed by atoms with E-state index in [1.54, 1.807) is 10.7 Å². The summed E-state index contributed by atoms with van der Waals surface area (Å²) in [7, 11) is 0. The molecule has 134 valence electrons. The molecule has 0 spiro atoms. The average Bonchev–Trinajstić information content (AvgIpc) is 3.00. The number of aromatic nitrogens is 4. The first kappa shape index (κ1) is 17.2. The molecule has 4 aromatic rings. The van der Waals surface area contributed by atoms with Crippen molar-refractivity contribution >= 4 is 34.4 Å². The van der Waals surface area contributed by atoms with Gasteiger partial charge in [-0.2, -0.15) is 5.10 Å². The molecule has 4 rings (SSSR count). The summed E-state index contributed by atoms with van der Waals surface area (Å²) in [6.07, 6.45) is 1.47. The summed E-state index contributed by atoms with van der Waals surface area (Å²) in [5.41, 5.74) is 3.28. The van der Waals surface area contributed by atoms with Gasteiger partial charge in [0.15, 0.2) is 5.65 Å². The summed E-state index contributed by atoms with van der Waals surface area (Å²) >= 11 is 6.57. The highest BCUT2D eigenvalue weighted by molar-refractivity contribution is 6.39. The zero-order chi connectivity index (χ0) is 19.0. The first-order valence-corrected chi connectivity index (χ1v) is 8.76. The number of benzene rings is 1. The molecular formula is C20H16ClN5O. The van der Waals surface area contributed by atoms with Gasteiger partial charge in [0.25, 0.3) is 5.91 Å². The third kappa shape index (κ3) is 3.15. The number of amides is 1. The van der Waals surface area contributed by atoms with E-state index in [0.717, 1.165) is 11.4 Å². The molecule has 0 aliphatic rings. The van der Waals surface area contributed by atoms with Crippen LogP contribution in [0.1, 0.15) is 21.7 Å². The topological polar surface area (TPSA) is 72.7 Å². The predicted molar refractivity (Wildman–Crippen MR) is 106 cm³/mol. The average molecular weight is 378 g/mol. The van der Waals surface area contributed by atoms with Crippen molar-refractivity contribution in [3.8, 4) is 5.69 Å². The Hall–Kier alpha value is -3.25. The van der Waals surface area contributed by atoms with Crippen molar-refractivity contribution in [1.82, 2.24) is 19.7 Å². The molecule has 0 saturated heterocycles. The molecule has 1 aromatic carbocycles. The lowest BCUT2D eigenvalue weighted by Gasteiger charge is -2.08. The minimum atomic E-state index is -0.362. The third-order valence-electron chi connectivity index (χ3n) is 4.18. The highest BCUT2D eigenvalue weighted by Gasteiger charge is 2.20. The van der Waals surface area contributed by atoms with Crippen LogP contribution in [0.2, 0.25) is 5.02 Å². The Morgan fingerprint density at radius 3 is 2.59 bits per heavy atom. The fraction of sp³-hybridized carbons (Fsp3) is 0.100. The van der Waals surface area contributed by atoms with Gasteiger partial charge in [0, 0.05) is 11.9 Å². The number of hydrogen-bond acceptors (Lipinski definition) is 4. The predicted octanol–water partition coefficient (Wildman–Crippen LogP) is 4.34. The minimum Gasteiger partial charge on any atom is -0.306 e. The number of nitrogens with zero attached hydrogens (tertiary/aromatic N) is 4. The van der Waals surface area contributed by atoms with E-state index in [9.17, 15) is 4.79 Å². The fourth-order valence-electron chi connectivity index (χ4n) is 2.91. The maximum Gasteiger partial charge on any atom is 0.259 e. The van der Waals surface area contributed by atoms with E-state index in [-0.39, 0.29) is 11.5 Å². The molecule has 6 nitrogen and oxygen atoms in total. The van der Waals surface area contributed by atoms with Crippen LogP contribution < -0.4 is 5.32 Å². The van der Waals surface area contributed by atoms with Crippen LogP contribution in [-0.4, -0.2) is 25.7 Å². The van der Waals surface area contributed by atoms with E-state index in [2.05, 4.69) is 20.4 Å². The smallest absolute Gasteiger partial charge is 0.259 e. The number of para-hydroxylation sites is 1. The maximum atomic E-state index is 12.7. The fourth-order valence-corrected chi connectivity index (χ4v) is 3.27. The lowest BCUT2D eigenvalue weighted by atomic mass is 10.2. The molecule has 7 heteroatoms. The Labute approximate surface area is 160 Å². The van der Waals surface area contributed by atoms with Gasteiger partial charge in [0.2, 0.25) is 0 Å². The van der Waals surface area contributed by atoms with Crippen LogP contribution in [0, 0.1) is 13.8 Å². The van der Waals surface area contributed by atoms with Crippen LogP contribution in [0.15, 0.2) is 54.7 Å². The van der Waals surface area contributed by atoms with Gasteiger partial charge in [-0.3, -0.25) is 4.79 Å². The molecule has 1 N–H and O–H groups in total. The van der Waals surface area contributed by atoms with Crippen molar-refractivity contribution < 1.29 is 4.79 Å². The molecular weight excluding hydrogens is 362 g/mol. The molecule has 0 fully saturated rings. The summed E-state index contributed by atoms with van der Waals surface area (Å²) in [6, 6.07) is 15.1. The molecule has 1 amide bonds. The van der Waals surface area contributed by atoms with E-state index in [0.29, 0.717) is 27.6 Å². The number of hydrogen-bond donors (Lipinski definition) is 1. The summed E-state index contributed by atoms with van der Waals surface area (Å²) < 4.78 is 1.72. The molecule has 3 heterocycles. The van der Waals surface area contributed by atoms with Gasteiger partial charge in [-0.15, -0.1) is 0 Å². The zero-order valence-corrected chi connectivity index (χ0v) is 15.5. The number of nitrogens with one attached hydrogen (secondary N) is 1. The van der Waals surface area contributed by atoms with Crippen LogP contribution in [0.5, 0.6) is 0 Å². The molecule has 0 aliphatic carbocycles. The number of anilines is 1. The molecule has 0 aliphatic heterocycles. The lowest BCUT2D eigenvalue weighted by molar-refractivity contribution is 0.102. The summed E-state index contributed by atoms with van der Waals surface area (Å²) in [5, 5.41) is 8.29. The minimum absolute atomic E-state index is 0.281. The van der Waals surface area contributed by atoms with Crippen molar-refractivity contribution in [2.45, 2.75) is 13.8 Å². The van der Waals surface area contributed by atoms with Gasteiger partial charge in [0.05, 0.1) is 27.4 Å². The Morgan fingerprint density at radius 1 is 1.07 bits per heavy atom. The Balaban J connectivity index is 1.77. The molecule has 27 heavy (non-hydrogen) atoms. The number of fused-ring (bicyclic) bond motifs is 1. The molecule has 0 bridgehead atoms. The van der Waals surface area contributed by atoms with Gasteiger partial charge in [-0.25, -0.2) is 14.6 Å². The van der Waals surface area contributed by atoms with E-state index in [1.807, 2.05) is 56.3 Å². The molecule has 3 aromatic heterocycles. The highest BCUT2D eigenvalue weighted by atomic mass is 35.5. The van der Waals surface area contributed by atoms with Crippen molar-refractivity contribution in [3.05, 3.63) is 76.7 Å². The Kier molecular flexibility index (Phi) is 4.33. The second-order valence-electron chi connectivity index (χ2n) is 6.14. The quantitative estimate of drug-likeness (QED) is 0.576. The summed E-state index contributed by atoms with van der Waals surface area (Å²) in [5.74, 6) is 0.104. The van der Waals surface area contributed by atoms with Gasteiger partial charge in [-0.05, 0) is 38.1 Å². The van der Waals surface area contributed by atoms with E-state index in [1.165, 1.54) is 6.20 Å². The van der Waals surface area contributed by atoms with E-state index in [4.69, 9.17) is 11.6 Å². The van der Waals surface area contributed by atoms with Crippen molar-refractivity contribution in [1.29, 1.82) is 0 Å². The van der Waals surface area contributed by atoms with Gasteiger partial charge >= 0.3 is 0 Å². The second kappa shape index (κ2) is 6.81. The Bertz CT molecular complexity index is 1150. The number of pyridine rings is 2. The SMILES string of the molecule is Cc1cccc(NC(=O)c2cnc3c(c(C)nn3-c3ccccc3)c2Cl)n1. The number of aryl methyl sites for hydroxylation is 2. The second-order valence-corrected chi connectivity index (χ2v) is 6.51. The number of rotatable bonds is 3. The van der Waals surface area contributed by atoms with E-state index >= 15 is 0 Å². The van der Waals surface area contributed by atoms with Gasteiger partial charge in [-0.1, -0.05) is 35.9 Å². The zero-order valence-electron chi connectivity index (χ0n) is 14.8. The first-order valence-electron chi connectivity index (χ1n) is 8.39. The molecule has 0 saturated carbocycles. The van der Waals surface area contributed by atoms with Crippen molar-refractivity contribution in [3.63, 3.8) is 0 Å². The largest absolute Gasteiger partial charge is 0.306 e. The monoisotopic (exact) mass is 377 g/mol. The summed E-state index contributed by atoms with van der Waals surface area (Å²) in [4.78, 5) is 21.4. The maximum absolute atomic E-state index is 12.7. The van der Waals surface area contributed by atoms with Crippen LogP contribution in [-0.2, 0) is 0 Å². The highest BCUT2D eigenvalue weighted by Crippen LogP contribution is 2.30. The molecule has 0 unspecified atom stereocenters. The van der Waals surface area contributed by atoms with Crippen molar-refractivity contribution in [2.75, 3.05) is 5.32 Å². The van der Waals surface area contributed by atoms with Crippen LogP contribution in [0.3, 0.4) is 0 Å².